The maximum absolute atomic E-state index is 6.82. The summed E-state index contributed by atoms with van der Waals surface area (Å²) < 4.78 is 20.9. The fourth-order valence-electron chi connectivity index (χ4n) is 23.0. The van der Waals surface area contributed by atoms with Crippen LogP contribution in [-0.2, 0) is 10.8 Å². The molecule has 29 rings (SSSR count). The number of aromatic nitrogens is 6. The first-order chi connectivity index (χ1) is 69.5. The number of para-hydroxylation sites is 12. The van der Waals surface area contributed by atoms with Crippen LogP contribution in [-0.4, -0.2) is 27.4 Å². The van der Waals surface area contributed by atoms with Gasteiger partial charge in [0.15, 0.2) is 0 Å². The number of rotatable bonds is 11. The average Bonchev–Trinajstić information content (AvgIpc) is 1.58. The molecule has 9 heteroatoms. The fourth-order valence-corrected chi connectivity index (χ4v) is 23.0. The van der Waals surface area contributed by atoms with Gasteiger partial charge in [0.1, 0.15) is 11.2 Å². The number of hydrogen-bond acceptors (Lipinski definition) is 3. The number of nitrogens with zero attached hydrogens (tertiary/aromatic N) is 8. The number of fused-ring (bicyclic) bond motifs is 19. The van der Waals surface area contributed by atoms with Crippen molar-refractivity contribution in [1.82, 2.24) is 27.4 Å². The van der Waals surface area contributed by atoms with Crippen LogP contribution in [0.3, 0.4) is 0 Å². The van der Waals surface area contributed by atoms with Gasteiger partial charge < -0.3 is 41.6 Å². The van der Waals surface area contributed by atoms with Crippen LogP contribution in [0, 0.1) is 0 Å². The minimum atomic E-state index is -0.0876. The van der Waals surface area contributed by atoms with E-state index in [1.54, 1.807) is 0 Å². The van der Waals surface area contributed by atoms with Crippen molar-refractivity contribution in [3.63, 3.8) is 0 Å². The zero-order valence-electron chi connectivity index (χ0n) is 78.3. The highest BCUT2D eigenvalue weighted by atomic mass is 16.3. The molecule has 20 aromatic carbocycles. The van der Waals surface area contributed by atoms with Crippen LogP contribution in [0.4, 0.5) is 34.1 Å². The van der Waals surface area contributed by atoms with E-state index in [2.05, 4.69) is 563 Å². The van der Waals surface area contributed by atoms with E-state index in [4.69, 9.17) is 4.42 Å². The third kappa shape index (κ3) is 13.4. The molecule has 141 heavy (non-hydrogen) atoms. The van der Waals surface area contributed by atoms with Crippen LogP contribution >= 0.6 is 0 Å². The Morgan fingerprint density at radius 3 is 0.858 bits per heavy atom. The highest BCUT2D eigenvalue weighted by Gasteiger charge is 2.39. The largest absolute Gasteiger partial charge is 0.455 e. The Kier molecular flexibility index (Phi) is 19.1. The molecule has 0 N–H and O–H groups in total. The molecule has 2 aliphatic rings. The third-order valence-corrected chi connectivity index (χ3v) is 29.8. The topological polar surface area (TPSA) is 49.2 Å². The van der Waals surface area contributed by atoms with Crippen molar-refractivity contribution >= 4 is 154 Å². The quantitative estimate of drug-likeness (QED) is 0.130. The van der Waals surface area contributed by atoms with Crippen molar-refractivity contribution in [1.29, 1.82) is 0 Å². The summed E-state index contributed by atoms with van der Waals surface area (Å²) in [5.74, 6) is 0. The molecule has 0 fully saturated rings. The van der Waals surface area contributed by atoms with Gasteiger partial charge >= 0.3 is 0 Å². The number of benzene rings is 20. The van der Waals surface area contributed by atoms with E-state index >= 15 is 0 Å². The first kappa shape index (κ1) is 82.3. The van der Waals surface area contributed by atoms with Crippen molar-refractivity contribution in [2.45, 2.75) is 38.5 Å². The van der Waals surface area contributed by atoms with E-state index < -0.39 is 0 Å². The fraction of sp³-hybridized carbons (Fsp3) is 0.0455. The lowest BCUT2D eigenvalue weighted by Crippen LogP contribution is -2.30. The third-order valence-electron chi connectivity index (χ3n) is 29.8. The Hall–Kier alpha value is -18.2. The van der Waals surface area contributed by atoms with Crippen LogP contribution in [0.2, 0.25) is 0 Å². The van der Waals surface area contributed by atoms with Crippen LogP contribution < -0.4 is 9.80 Å². The van der Waals surface area contributed by atoms with Gasteiger partial charge in [-0.1, -0.05) is 319 Å². The van der Waals surface area contributed by atoms with Crippen LogP contribution in [0.5, 0.6) is 0 Å². The Morgan fingerprint density at radius 2 is 0.461 bits per heavy atom. The summed E-state index contributed by atoms with van der Waals surface area (Å²) in [5.41, 5.74) is 38.9. The minimum Gasteiger partial charge on any atom is -0.455 e. The van der Waals surface area contributed by atoms with Crippen molar-refractivity contribution in [3.8, 4) is 67.5 Å². The van der Waals surface area contributed by atoms with Crippen LogP contribution in [0.25, 0.3) is 188 Å². The van der Waals surface area contributed by atoms with Gasteiger partial charge in [0.2, 0.25) is 0 Å². The van der Waals surface area contributed by atoms with Crippen LogP contribution in [0.15, 0.2) is 502 Å². The molecule has 0 bridgehead atoms. The molecule has 9 nitrogen and oxygen atoms in total. The summed E-state index contributed by atoms with van der Waals surface area (Å²) in [6, 6.07) is 173. The Bertz CT molecular complexity index is 9500. The van der Waals surface area contributed by atoms with Gasteiger partial charge in [-0.15, -0.1) is 0 Å². The average molecular weight is 1810 g/mol. The summed E-state index contributed by atoms with van der Waals surface area (Å²) in [6.07, 6.45) is 6.53. The van der Waals surface area contributed by atoms with Gasteiger partial charge in [0, 0.05) is 145 Å². The maximum Gasteiger partial charge on any atom is 0.143 e. The molecule has 0 aliphatic carbocycles. The molecule has 0 saturated carbocycles. The van der Waals surface area contributed by atoms with Gasteiger partial charge in [0.25, 0.3) is 0 Å². The number of anilines is 6. The summed E-state index contributed by atoms with van der Waals surface area (Å²) in [4.78, 5) is 4.85. The Morgan fingerprint density at radius 1 is 0.177 bits per heavy atom. The second-order valence-electron chi connectivity index (χ2n) is 38.4. The number of furan rings is 1. The van der Waals surface area contributed by atoms with E-state index in [1.807, 2.05) is 0 Å². The highest BCUT2D eigenvalue weighted by molar-refractivity contribution is 6.18. The second kappa shape index (κ2) is 32.8. The lowest BCUT2D eigenvalue weighted by molar-refractivity contribution is 0.631. The molecule has 27 aromatic rings. The molecule has 0 radical (unpaired) electrons. The minimum absolute atomic E-state index is 0.0720. The molecule has 2 aliphatic heterocycles. The molecule has 7 aromatic heterocycles. The molecule has 0 amide bonds. The molecule has 0 spiro atoms. The van der Waals surface area contributed by atoms with E-state index in [0.29, 0.717) is 0 Å². The SMILES string of the molecule is CC1(C)c2ccccc2N(c2ccc(-n3c4ccccc4c4cc5c(ccn5-c5ccccc5)cc43)cc2)c2ccccc21.CC1(C)c2ccccc2N(c2cccc(-n3c4ccccc4c4cc5c(ccn5-c5ccccc5)cc43)c2)c2ccccc21.c1ccc(-c2ccc(-c3cccc4c3oc3c(-c5ccc(-n6c7ccccc7c7cc8c(ccn8-c8ccccc8)cc76)cc5)cccc34)cc2)cc1. The van der Waals surface area contributed by atoms with Crippen LogP contribution in [0.1, 0.15) is 49.9 Å². The van der Waals surface area contributed by atoms with E-state index in [-0.39, 0.29) is 10.8 Å². The van der Waals surface area contributed by atoms with Crippen molar-refractivity contribution in [2.24, 2.45) is 0 Å². The van der Waals surface area contributed by atoms with Gasteiger partial charge in [-0.2, -0.15) is 0 Å². The number of hydrogen-bond donors (Lipinski definition) is 0. The Labute approximate surface area is 816 Å². The summed E-state index contributed by atoms with van der Waals surface area (Å²) >= 11 is 0. The lowest BCUT2D eigenvalue weighted by Gasteiger charge is -2.42. The van der Waals surface area contributed by atoms with Crippen molar-refractivity contribution < 1.29 is 4.42 Å². The summed E-state index contributed by atoms with van der Waals surface area (Å²) in [7, 11) is 0. The molecular weight excluding hydrogens is 1710 g/mol. The molecule has 0 saturated heterocycles. The summed E-state index contributed by atoms with van der Waals surface area (Å²) in [6.45, 7) is 9.33. The first-order valence-electron chi connectivity index (χ1n) is 48.7. The van der Waals surface area contributed by atoms with Crippen molar-refractivity contribution in [2.75, 3.05) is 9.80 Å². The zero-order chi connectivity index (χ0) is 93.7. The maximum atomic E-state index is 6.82. The van der Waals surface area contributed by atoms with Gasteiger partial charge in [-0.05, 0) is 233 Å². The standard InChI is InChI=1S/C50H32N2O.2C41H31N3/c1-3-11-33(12-4-1)34-21-23-35(24-22-34)40-16-9-18-43-44-19-10-17-41(50(44)53-49(40)43)36-25-27-39(28-26-36)52-46-20-8-7-15-42(46)45-32-47-37(31-48(45)52)29-30-51(47)38-13-5-2-6-14-38;1-41(2)34-18-7-10-21-37(34)44(38-22-11-8-19-35(38)41)31-16-12-15-30(26-31)43-36-20-9-6-17-32(36)33-27-39-28(25-40(33)43)23-24-42(39)29-13-4-3-5-14-29;1-41(2)34-15-7-10-18-37(34)44(38-19-11-8-16-35(38)41)31-22-20-30(21-23-31)43-36-17-9-6-14-32(36)33-27-39-28(26-40(33)43)24-25-42(39)29-12-4-3-5-13-29/h1-32H;2*3-27H,1-2H3. The normalized spacial score (nSPS) is 13.0. The monoisotopic (exact) mass is 1810 g/mol. The van der Waals surface area contributed by atoms with Gasteiger partial charge in [-0.25, -0.2) is 0 Å². The van der Waals surface area contributed by atoms with E-state index in [1.165, 1.54) is 166 Å². The second-order valence-corrected chi connectivity index (χ2v) is 38.4. The van der Waals surface area contributed by atoms with E-state index in [9.17, 15) is 0 Å². The molecular formula is C132H94N8O. The predicted octanol–water partition coefficient (Wildman–Crippen LogP) is 35.3. The summed E-state index contributed by atoms with van der Waals surface area (Å²) in [5, 5.41) is 13.4. The van der Waals surface area contributed by atoms with Crippen molar-refractivity contribution in [3.05, 3.63) is 520 Å². The zero-order valence-corrected chi connectivity index (χ0v) is 78.3. The molecule has 9 heterocycles. The predicted molar refractivity (Wildman–Crippen MR) is 590 cm³/mol. The Balaban J connectivity index is 0.000000107. The molecule has 0 unspecified atom stereocenters. The van der Waals surface area contributed by atoms with Gasteiger partial charge in [-0.3, -0.25) is 0 Å². The molecule has 668 valence electrons. The highest BCUT2D eigenvalue weighted by Crippen LogP contribution is 2.55. The smallest absolute Gasteiger partial charge is 0.143 e. The lowest BCUT2D eigenvalue weighted by atomic mass is 9.73. The van der Waals surface area contributed by atoms with Gasteiger partial charge in [0.05, 0.1) is 72.4 Å². The molecule has 0 atom stereocenters. The first-order valence-corrected chi connectivity index (χ1v) is 48.7. The van der Waals surface area contributed by atoms with E-state index in [0.717, 1.165) is 78.3 Å².